The quantitative estimate of drug-likeness (QED) is 0.678. The van der Waals surface area contributed by atoms with Crippen molar-refractivity contribution in [3.05, 3.63) is 22.4 Å². The van der Waals surface area contributed by atoms with E-state index in [1.807, 2.05) is 0 Å². The van der Waals surface area contributed by atoms with Crippen molar-refractivity contribution in [2.24, 2.45) is 11.8 Å². The monoisotopic (exact) mass is 462 g/mol. The molecule has 4 rings (SSSR count). The second-order valence-corrected chi connectivity index (χ2v) is 9.38. The normalized spacial score (nSPS) is 26.4. The van der Waals surface area contributed by atoms with Crippen LogP contribution in [0.1, 0.15) is 37.0 Å². The van der Waals surface area contributed by atoms with Crippen LogP contribution in [0.15, 0.2) is 17.5 Å². The zero-order valence-corrected chi connectivity index (χ0v) is 18.1. The van der Waals surface area contributed by atoms with Crippen LogP contribution in [0.2, 0.25) is 0 Å². The Morgan fingerprint density at radius 2 is 2.03 bits per heavy atom. The first-order valence-electron chi connectivity index (χ1n) is 10.7. The van der Waals surface area contributed by atoms with Crippen molar-refractivity contribution in [3.8, 4) is 0 Å². The van der Waals surface area contributed by atoms with E-state index in [-0.39, 0.29) is 12.0 Å². The minimum Gasteiger partial charge on any atom is -0.475 e. The number of hydrogen-bond donors (Lipinski definition) is 2. The lowest BCUT2D eigenvalue weighted by Gasteiger charge is -2.43. The Labute approximate surface area is 183 Å². The summed E-state index contributed by atoms with van der Waals surface area (Å²) in [5, 5.41) is 12.3. The van der Waals surface area contributed by atoms with Gasteiger partial charge >= 0.3 is 12.1 Å². The smallest absolute Gasteiger partial charge is 0.475 e. The van der Waals surface area contributed by atoms with Gasteiger partial charge in [-0.2, -0.15) is 13.2 Å². The second kappa shape index (κ2) is 10.8. The van der Waals surface area contributed by atoms with Gasteiger partial charge in [0, 0.05) is 29.9 Å². The number of piperidine rings is 1. The van der Waals surface area contributed by atoms with Crippen LogP contribution < -0.4 is 5.32 Å². The first-order valence-corrected chi connectivity index (χ1v) is 11.6. The first-order chi connectivity index (χ1) is 14.7. The Kier molecular flexibility index (Phi) is 8.35. The lowest BCUT2D eigenvalue weighted by molar-refractivity contribution is -0.192. The fourth-order valence-electron chi connectivity index (χ4n) is 4.44. The fraction of sp³-hybridized carbons (Fsp3) is 0.714. The average Bonchev–Trinajstić information content (AvgIpc) is 3.30. The number of halogens is 3. The van der Waals surface area contributed by atoms with Crippen LogP contribution in [0.4, 0.5) is 13.2 Å². The van der Waals surface area contributed by atoms with Crippen molar-refractivity contribution in [1.82, 2.24) is 10.2 Å². The van der Waals surface area contributed by atoms with E-state index in [0.29, 0.717) is 18.3 Å². The summed E-state index contributed by atoms with van der Waals surface area (Å²) in [6.45, 7) is 3.97. The van der Waals surface area contributed by atoms with Gasteiger partial charge in [-0.15, -0.1) is 11.3 Å². The van der Waals surface area contributed by atoms with Gasteiger partial charge < -0.3 is 20.1 Å². The molecule has 0 radical (unpaired) electrons. The van der Waals surface area contributed by atoms with Gasteiger partial charge in [-0.25, -0.2) is 4.79 Å². The second-order valence-electron chi connectivity index (χ2n) is 8.35. The Morgan fingerprint density at radius 1 is 1.29 bits per heavy atom. The molecule has 0 spiro atoms. The lowest BCUT2D eigenvalue weighted by Crippen LogP contribution is -2.49. The number of carbonyl (C=O) groups is 2. The first kappa shape index (κ1) is 24.0. The molecule has 3 fully saturated rings. The highest BCUT2D eigenvalue weighted by Gasteiger charge is 2.43. The van der Waals surface area contributed by atoms with Gasteiger partial charge in [-0.05, 0) is 49.6 Å². The van der Waals surface area contributed by atoms with E-state index in [0.717, 1.165) is 25.6 Å². The van der Waals surface area contributed by atoms with Gasteiger partial charge in [0.2, 0.25) is 5.91 Å². The van der Waals surface area contributed by atoms with Gasteiger partial charge in [-0.3, -0.25) is 4.79 Å². The zero-order valence-electron chi connectivity index (χ0n) is 17.3. The third kappa shape index (κ3) is 6.92. The minimum absolute atomic E-state index is 0.139. The summed E-state index contributed by atoms with van der Waals surface area (Å²) in [6, 6.07) is 5.02. The van der Waals surface area contributed by atoms with Crippen LogP contribution in [-0.4, -0.2) is 66.4 Å². The summed E-state index contributed by atoms with van der Waals surface area (Å²) in [5.41, 5.74) is 0. The number of likely N-dealkylation sites (tertiary alicyclic amines) is 1. The molecule has 0 unspecified atom stereocenters. The maximum absolute atomic E-state index is 12.2. The number of hydrogen-bond acceptors (Lipinski definition) is 5. The molecule has 0 bridgehead atoms. The van der Waals surface area contributed by atoms with Crippen LogP contribution >= 0.6 is 11.3 Å². The van der Waals surface area contributed by atoms with E-state index in [2.05, 4.69) is 27.7 Å². The molecule has 1 aliphatic carbocycles. The number of carbonyl (C=O) groups excluding carboxylic acids is 1. The van der Waals surface area contributed by atoms with E-state index in [4.69, 9.17) is 14.6 Å². The lowest BCUT2D eigenvalue weighted by atomic mass is 9.80. The molecule has 10 heteroatoms. The maximum Gasteiger partial charge on any atom is 0.490 e. The number of thiophene rings is 1. The summed E-state index contributed by atoms with van der Waals surface area (Å²) in [6.07, 6.45) is 1.89. The molecule has 0 aromatic carbocycles. The predicted molar refractivity (Wildman–Crippen MR) is 110 cm³/mol. The Bertz CT molecular complexity index is 725. The molecule has 1 amide bonds. The molecule has 2 aliphatic heterocycles. The third-order valence-corrected chi connectivity index (χ3v) is 7.26. The number of carboxylic acids is 1. The topological polar surface area (TPSA) is 78.9 Å². The van der Waals surface area contributed by atoms with Crippen molar-refractivity contribution in [3.63, 3.8) is 0 Å². The third-order valence-electron chi connectivity index (χ3n) is 6.32. The Hall–Kier alpha value is -1.65. The molecule has 174 valence electrons. The van der Waals surface area contributed by atoms with Gasteiger partial charge in [0.25, 0.3) is 0 Å². The van der Waals surface area contributed by atoms with Crippen molar-refractivity contribution in [2.75, 3.05) is 26.2 Å². The molecule has 6 nitrogen and oxygen atoms in total. The highest BCUT2D eigenvalue weighted by molar-refractivity contribution is 7.09. The molecule has 3 aliphatic rings. The molecule has 31 heavy (non-hydrogen) atoms. The van der Waals surface area contributed by atoms with Crippen molar-refractivity contribution < 1.29 is 32.6 Å². The summed E-state index contributed by atoms with van der Waals surface area (Å²) in [4.78, 5) is 25.1. The number of aliphatic carboxylic acids is 1. The number of ether oxygens (including phenoxy) is 1. The highest BCUT2D eigenvalue weighted by Crippen LogP contribution is 2.38. The summed E-state index contributed by atoms with van der Waals surface area (Å²) < 4.78 is 37.8. The predicted octanol–water partition coefficient (Wildman–Crippen LogP) is 3.32. The van der Waals surface area contributed by atoms with E-state index < -0.39 is 12.1 Å². The molecular weight excluding hydrogens is 433 g/mol. The molecule has 2 N–H and O–H groups in total. The number of nitrogens with one attached hydrogen (secondary N) is 1. The number of amides is 1. The highest BCUT2D eigenvalue weighted by atomic mass is 32.1. The van der Waals surface area contributed by atoms with Crippen LogP contribution in [0, 0.1) is 11.8 Å². The number of fused-ring (bicyclic) bond motifs is 1. The molecule has 3 atom stereocenters. The summed E-state index contributed by atoms with van der Waals surface area (Å²) >= 11 is 1.75. The fourth-order valence-corrected chi connectivity index (χ4v) is 5.15. The number of carboxylic acid groups (broad SMARTS) is 1. The average molecular weight is 463 g/mol. The molecule has 1 saturated carbocycles. The molecular formula is C21H29F3N2O4S. The van der Waals surface area contributed by atoms with Crippen molar-refractivity contribution in [2.45, 2.75) is 56.8 Å². The minimum atomic E-state index is -5.08. The Morgan fingerprint density at radius 3 is 2.61 bits per heavy atom. The number of alkyl halides is 3. The number of nitrogens with zero attached hydrogens (tertiary/aromatic N) is 1. The van der Waals surface area contributed by atoms with E-state index in [1.54, 1.807) is 11.3 Å². The van der Waals surface area contributed by atoms with Crippen molar-refractivity contribution in [1.29, 1.82) is 0 Å². The van der Waals surface area contributed by atoms with Crippen LogP contribution in [0.3, 0.4) is 0 Å². The Balaban J connectivity index is 0.000000339. The molecule has 1 aromatic heterocycles. The molecule has 1 aromatic rings. The summed E-state index contributed by atoms with van der Waals surface area (Å²) in [7, 11) is 0. The number of rotatable bonds is 6. The van der Waals surface area contributed by atoms with E-state index in [9.17, 15) is 18.0 Å². The molecule has 3 heterocycles. The van der Waals surface area contributed by atoms with Crippen molar-refractivity contribution >= 4 is 23.2 Å². The van der Waals surface area contributed by atoms with E-state index >= 15 is 0 Å². The van der Waals surface area contributed by atoms with Gasteiger partial charge in [0.05, 0.1) is 19.1 Å². The maximum atomic E-state index is 12.2. The largest absolute Gasteiger partial charge is 0.490 e. The standard InChI is InChI=1S/C19H28N2O2S.C2HF3O2/c22-19(20-8-6-16-5-2-10-24-16)11-18-17-7-9-21(15-3-1-4-15)12-14(17)13-23-18;3-2(4,5)1(6)7/h2,5,10,14-15,17-18H,1,3-4,6-9,11-13H2,(H,20,22);(H,6,7)/t14-,17-,18+;/m1./s1. The van der Waals surface area contributed by atoms with Crippen LogP contribution in [0.25, 0.3) is 0 Å². The van der Waals surface area contributed by atoms with Crippen LogP contribution in [0.5, 0.6) is 0 Å². The summed E-state index contributed by atoms with van der Waals surface area (Å²) in [5.74, 6) is -1.38. The van der Waals surface area contributed by atoms with Crippen LogP contribution in [-0.2, 0) is 20.7 Å². The van der Waals surface area contributed by atoms with Gasteiger partial charge in [0.1, 0.15) is 0 Å². The molecule has 2 saturated heterocycles. The van der Waals surface area contributed by atoms with Gasteiger partial charge in [0.15, 0.2) is 0 Å². The SMILES string of the molecule is O=C(C[C@@H]1OC[C@H]2CN(C3CCC3)CC[C@H]21)NCCc1cccs1.O=C(O)C(F)(F)F. The van der Waals surface area contributed by atoms with Gasteiger partial charge in [-0.1, -0.05) is 12.5 Å². The zero-order chi connectivity index (χ0) is 22.4. The van der Waals surface area contributed by atoms with E-state index in [1.165, 1.54) is 43.6 Å².